The average molecular weight is 557 g/mol. The highest BCUT2D eigenvalue weighted by Crippen LogP contribution is 2.51. The van der Waals surface area contributed by atoms with Crippen LogP contribution in [0, 0.1) is 13.8 Å². The van der Waals surface area contributed by atoms with Gasteiger partial charge in [0.15, 0.2) is 11.5 Å². The molecule has 7 aromatic rings. The second kappa shape index (κ2) is 7.81. The van der Waals surface area contributed by atoms with Gasteiger partial charge in [-0.15, -0.1) is 0 Å². The minimum atomic E-state index is -1.31. The van der Waals surface area contributed by atoms with Crippen molar-refractivity contribution in [2.24, 2.45) is 0 Å². The second-order valence-corrected chi connectivity index (χ2v) is 11.7. The standard InChI is InChI=1S/C37H24N4O2/c1-21-15-27(25-5-3-13-38-19-25)35-29(17-21)31-11-9-23-7-8-24-10-12-32-30-18-22(2)16-28(26-6-4-14-39-20-26)36(30)43-37(42-35)40(31)33(23)34(24)41(32)37/h3-20H,1-2H3/q+2. The van der Waals surface area contributed by atoms with E-state index in [0.717, 1.165) is 89.2 Å². The van der Waals surface area contributed by atoms with E-state index in [1.54, 1.807) is 12.4 Å². The van der Waals surface area contributed by atoms with E-state index in [1.807, 2.05) is 24.5 Å². The number of aromatic nitrogens is 4. The van der Waals surface area contributed by atoms with E-state index in [4.69, 9.17) is 9.47 Å². The van der Waals surface area contributed by atoms with Gasteiger partial charge in [-0.25, -0.2) is 0 Å². The van der Waals surface area contributed by atoms with E-state index < -0.39 is 6.03 Å². The fourth-order valence-electron chi connectivity index (χ4n) is 7.27. The van der Waals surface area contributed by atoms with Gasteiger partial charge in [0.05, 0.1) is 21.9 Å². The third-order valence-electron chi connectivity index (χ3n) is 8.98. The lowest BCUT2D eigenvalue weighted by molar-refractivity contribution is -1.03. The molecule has 0 saturated carbocycles. The Morgan fingerprint density at radius 3 is 1.44 bits per heavy atom. The van der Waals surface area contributed by atoms with Crippen LogP contribution in [0.5, 0.6) is 11.5 Å². The molecule has 7 heterocycles. The first kappa shape index (κ1) is 23.0. The molecule has 3 aromatic carbocycles. The third-order valence-corrected chi connectivity index (χ3v) is 8.98. The molecule has 0 saturated heterocycles. The van der Waals surface area contributed by atoms with Gasteiger partial charge >= 0.3 is 6.03 Å². The second-order valence-electron chi connectivity index (χ2n) is 11.7. The largest absolute Gasteiger partial charge is 0.716 e. The van der Waals surface area contributed by atoms with Gasteiger partial charge in [-0.05, 0) is 94.8 Å². The zero-order valence-corrected chi connectivity index (χ0v) is 23.5. The number of nitrogens with zero attached hydrogens (tertiary/aromatic N) is 4. The van der Waals surface area contributed by atoms with Gasteiger partial charge in [0, 0.05) is 59.2 Å². The highest BCUT2D eigenvalue weighted by Gasteiger charge is 2.72. The van der Waals surface area contributed by atoms with Crippen LogP contribution in [0.3, 0.4) is 0 Å². The lowest BCUT2D eigenvalue weighted by atomic mass is 9.95. The van der Waals surface area contributed by atoms with Crippen LogP contribution >= 0.6 is 0 Å². The Kier molecular flexibility index (Phi) is 4.17. The lowest BCUT2D eigenvalue weighted by Gasteiger charge is -2.31. The summed E-state index contributed by atoms with van der Waals surface area (Å²) in [4.78, 5) is 8.87. The summed E-state index contributed by atoms with van der Waals surface area (Å²) < 4.78 is 19.2. The molecule has 0 N–H and O–H groups in total. The first-order valence-electron chi connectivity index (χ1n) is 14.5. The summed E-state index contributed by atoms with van der Waals surface area (Å²) in [6.07, 6.45) is 7.38. The number of pyridine rings is 4. The molecule has 0 aliphatic carbocycles. The minimum absolute atomic E-state index is 0.777. The summed E-state index contributed by atoms with van der Waals surface area (Å²) in [5.41, 5.74) is 12.6. The maximum Gasteiger partial charge on any atom is 0.716 e. The Hall–Kier alpha value is -5.62. The van der Waals surface area contributed by atoms with Crippen LogP contribution in [-0.2, 0) is 6.03 Å². The summed E-state index contributed by atoms with van der Waals surface area (Å²) in [5, 5.41) is 2.27. The molecule has 0 amide bonds. The van der Waals surface area contributed by atoms with Crippen LogP contribution in [0.2, 0.25) is 0 Å². The van der Waals surface area contributed by atoms with Crippen molar-refractivity contribution >= 4 is 21.8 Å². The van der Waals surface area contributed by atoms with Gasteiger partial charge in [-0.1, -0.05) is 12.1 Å². The predicted octanol–water partition coefficient (Wildman–Crippen LogP) is 6.86. The Balaban J connectivity index is 1.36. The number of benzene rings is 3. The molecule has 0 bridgehead atoms. The average Bonchev–Trinajstić information content (AvgIpc) is 3.35. The monoisotopic (exact) mass is 556 g/mol. The van der Waals surface area contributed by atoms with E-state index in [9.17, 15) is 0 Å². The molecule has 0 radical (unpaired) electrons. The van der Waals surface area contributed by atoms with Crippen molar-refractivity contribution in [2.45, 2.75) is 19.9 Å². The number of fused-ring (bicyclic) bond motifs is 4. The molecule has 3 aliphatic heterocycles. The minimum Gasteiger partial charge on any atom is -0.339 e. The zero-order chi connectivity index (χ0) is 28.4. The van der Waals surface area contributed by atoms with Gasteiger partial charge in [0.25, 0.3) is 11.0 Å². The Bertz CT molecular complexity index is 2200. The van der Waals surface area contributed by atoms with Crippen LogP contribution in [0.1, 0.15) is 11.1 Å². The molecule has 1 spiro atoms. The van der Waals surface area contributed by atoms with E-state index in [2.05, 4.69) is 106 Å². The van der Waals surface area contributed by atoms with Crippen molar-refractivity contribution in [2.75, 3.05) is 0 Å². The molecular weight excluding hydrogens is 532 g/mol. The molecule has 0 atom stereocenters. The van der Waals surface area contributed by atoms with Crippen molar-refractivity contribution in [1.82, 2.24) is 9.97 Å². The van der Waals surface area contributed by atoms with E-state index >= 15 is 0 Å². The van der Waals surface area contributed by atoms with Gasteiger partial charge in [0.2, 0.25) is 11.4 Å². The molecule has 43 heavy (non-hydrogen) atoms. The van der Waals surface area contributed by atoms with Crippen molar-refractivity contribution in [3.8, 4) is 56.3 Å². The zero-order valence-electron chi connectivity index (χ0n) is 23.5. The SMILES string of the molecule is Cc1cc(-c2cccnc2)c2c(c1)-c1ccc3ccc4ccc5[n+]6c4c3[n+]1C6(O2)Oc1c(-c2cccnc2)cc(C)cc1-5. The van der Waals surface area contributed by atoms with Crippen LogP contribution < -0.4 is 18.6 Å². The van der Waals surface area contributed by atoms with Crippen molar-refractivity contribution in [3.63, 3.8) is 0 Å². The van der Waals surface area contributed by atoms with E-state index in [0.29, 0.717) is 0 Å². The normalized spacial score (nSPS) is 14.4. The van der Waals surface area contributed by atoms with E-state index in [-0.39, 0.29) is 0 Å². The lowest BCUT2D eigenvalue weighted by Crippen LogP contribution is -2.79. The molecule has 10 rings (SSSR count). The van der Waals surface area contributed by atoms with Crippen molar-refractivity contribution < 1.29 is 18.6 Å². The molecule has 4 aromatic heterocycles. The van der Waals surface area contributed by atoms with Crippen LogP contribution in [-0.4, -0.2) is 9.97 Å². The smallest absolute Gasteiger partial charge is 0.339 e. The number of aryl methyl sites for hydroxylation is 2. The fourth-order valence-corrected chi connectivity index (χ4v) is 7.27. The molecule has 0 fully saturated rings. The van der Waals surface area contributed by atoms with Crippen LogP contribution in [0.4, 0.5) is 0 Å². The summed E-state index contributed by atoms with van der Waals surface area (Å²) in [6, 6.07) is 28.8. The highest BCUT2D eigenvalue weighted by molar-refractivity contribution is 6.01. The summed E-state index contributed by atoms with van der Waals surface area (Å²) in [6.45, 7) is 4.26. The topological polar surface area (TPSA) is 52.0 Å². The maximum atomic E-state index is 7.34. The predicted molar refractivity (Wildman–Crippen MR) is 163 cm³/mol. The summed E-state index contributed by atoms with van der Waals surface area (Å²) in [5.74, 6) is 1.55. The van der Waals surface area contributed by atoms with E-state index in [1.165, 1.54) is 0 Å². The number of rotatable bonds is 2. The Labute approximate surface area is 247 Å². The summed E-state index contributed by atoms with van der Waals surface area (Å²) in [7, 11) is 0. The molecule has 3 aliphatic rings. The number of hydrogen-bond acceptors (Lipinski definition) is 4. The van der Waals surface area contributed by atoms with Gasteiger partial charge in [0.1, 0.15) is 0 Å². The Morgan fingerprint density at radius 1 is 0.558 bits per heavy atom. The van der Waals surface area contributed by atoms with Gasteiger partial charge in [-0.3, -0.25) is 9.97 Å². The van der Waals surface area contributed by atoms with Crippen molar-refractivity contribution in [3.05, 3.63) is 121 Å². The first-order chi connectivity index (χ1) is 21.1. The molecule has 0 unspecified atom stereocenters. The molecule has 6 heteroatoms. The number of hydrogen-bond donors (Lipinski definition) is 0. The fraction of sp³-hybridized carbons (Fsp3) is 0.0811. The quantitative estimate of drug-likeness (QED) is 0.173. The van der Waals surface area contributed by atoms with Gasteiger partial charge in [-0.2, -0.15) is 0 Å². The first-order valence-corrected chi connectivity index (χ1v) is 14.5. The van der Waals surface area contributed by atoms with Crippen molar-refractivity contribution in [1.29, 1.82) is 0 Å². The van der Waals surface area contributed by atoms with Crippen LogP contribution in [0.15, 0.2) is 110 Å². The van der Waals surface area contributed by atoms with Gasteiger partial charge < -0.3 is 9.47 Å². The molecule has 6 nitrogen and oxygen atoms in total. The maximum absolute atomic E-state index is 7.34. The Morgan fingerprint density at radius 2 is 1.00 bits per heavy atom. The summed E-state index contributed by atoms with van der Waals surface area (Å²) >= 11 is 0. The third kappa shape index (κ3) is 2.82. The highest BCUT2D eigenvalue weighted by atomic mass is 16.7. The molecule has 202 valence electrons. The van der Waals surface area contributed by atoms with Crippen LogP contribution in [0.25, 0.3) is 66.6 Å². The molecular formula is C37H24N4O2+2. The number of ether oxygens (including phenoxy) is 2.